The van der Waals surface area contributed by atoms with Crippen LogP contribution in [0.1, 0.15) is 18.4 Å². The minimum Gasteiger partial charge on any atom is -0.396 e. The predicted octanol–water partition coefficient (Wildman–Crippen LogP) is 1.06. The molecule has 100 valence electrons. The highest BCUT2D eigenvalue weighted by atomic mass is 16.5. The van der Waals surface area contributed by atoms with Crippen molar-refractivity contribution in [3.63, 3.8) is 0 Å². The van der Waals surface area contributed by atoms with Gasteiger partial charge in [-0.2, -0.15) is 5.26 Å². The van der Waals surface area contributed by atoms with Gasteiger partial charge in [-0.25, -0.2) is 0 Å². The van der Waals surface area contributed by atoms with Gasteiger partial charge in [-0.1, -0.05) is 0 Å². The number of aliphatic hydroxyl groups excluding tert-OH is 1. The average molecular weight is 260 g/mol. The summed E-state index contributed by atoms with van der Waals surface area (Å²) in [6, 6.07) is 8.98. The SMILES string of the molecule is N#Cc1ccc(N2CCOC(CCCO)C2=O)cc1. The van der Waals surface area contributed by atoms with E-state index < -0.39 is 6.10 Å². The lowest BCUT2D eigenvalue weighted by atomic mass is 10.1. The van der Waals surface area contributed by atoms with Crippen LogP contribution < -0.4 is 4.90 Å². The number of nitriles is 1. The van der Waals surface area contributed by atoms with E-state index in [1.807, 2.05) is 6.07 Å². The van der Waals surface area contributed by atoms with Crippen molar-refractivity contribution in [2.75, 3.05) is 24.7 Å². The first kappa shape index (κ1) is 13.5. The van der Waals surface area contributed by atoms with Crippen molar-refractivity contribution in [2.45, 2.75) is 18.9 Å². The van der Waals surface area contributed by atoms with E-state index in [1.165, 1.54) is 0 Å². The molecule has 5 heteroatoms. The molecule has 1 fully saturated rings. The van der Waals surface area contributed by atoms with E-state index in [0.29, 0.717) is 31.6 Å². The van der Waals surface area contributed by atoms with Crippen LogP contribution >= 0.6 is 0 Å². The highest BCUT2D eigenvalue weighted by Gasteiger charge is 2.29. The number of hydrogen-bond acceptors (Lipinski definition) is 4. The quantitative estimate of drug-likeness (QED) is 0.878. The maximum atomic E-state index is 12.2. The number of carbonyl (C=O) groups excluding carboxylic acids is 1. The van der Waals surface area contributed by atoms with Crippen molar-refractivity contribution in [2.24, 2.45) is 0 Å². The molecule has 0 radical (unpaired) electrons. The van der Waals surface area contributed by atoms with Crippen LogP contribution in [0.15, 0.2) is 24.3 Å². The van der Waals surface area contributed by atoms with Crippen LogP contribution in [0.2, 0.25) is 0 Å². The number of anilines is 1. The van der Waals surface area contributed by atoms with Gasteiger partial charge in [0.15, 0.2) is 0 Å². The second kappa shape index (κ2) is 6.32. The number of aliphatic hydroxyl groups is 1. The molecule has 0 aliphatic carbocycles. The summed E-state index contributed by atoms with van der Waals surface area (Å²) in [5.74, 6) is -0.0793. The molecule has 2 rings (SSSR count). The lowest BCUT2D eigenvalue weighted by Crippen LogP contribution is -2.48. The van der Waals surface area contributed by atoms with Crippen molar-refractivity contribution in [1.82, 2.24) is 0 Å². The van der Waals surface area contributed by atoms with E-state index in [0.717, 1.165) is 5.69 Å². The lowest BCUT2D eigenvalue weighted by molar-refractivity contribution is -0.134. The van der Waals surface area contributed by atoms with E-state index in [-0.39, 0.29) is 12.5 Å². The second-order valence-electron chi connectivity index (χ2n) is 4.37. The molecule has 1 N–H and O–H groups in total. The molecule has 0 bridgehead atoms. The Kier molecular flexibility index (Phi) is 4.50. The molecule has 1 aliphatic rings. The van der Waals surface area contributed by atoms with Crippen LogP contribution in [0.4, 0.5) is 5.69 Å². The van der Waals surface area contributed by atoms with Gasteiger partial charge >= 0.3 is 0 Å². The molecular weight excluding hydrogens is 244 g/mol. The monoisotopic (exact) mass is 260 g/mol. The molecule has 0 aromatic heterocycles. The smallest absolute Gasteiger partial charge is 0.256 e. The van der Waals surface area contributed by atoms with Crippen molar-refractivity contribution in [3.05, 3.63) is 29.8 Å². The molecule has 5 nitrogen and oxygen atoms in total. The van der Waals surface area contributed by atoms with Crippen LogP contribution in [0.3, 0.4) is 0 Å². The Morgan fingerprint density at radius 3 is 2.79 bits per heavy atom. The fourth-order valence-electron chi connectivity index (χ4n) is 2.10. The molecule has 1 heterocycles. The summed E-state index contributed by atoms with van der Waals surface area (Å²) in [5.41, 5.74) is 1.35. The Balaban J connectivity index is 2.10. The van der Waals surface area contributed by atoms with Gasteiger partial charge in [0.1, 0.15) is 6.10 Å². The molecule has 1 unspecified atom stereocenters. The van der Waals surface area contributed by atoms with Gasteiger partial charge in [0, 0.05) is 18.8 Å². The van der Waals surface area contributed by atoms with Crippen LogP contribution in [0, 0.1) is 11.3 Å². The first-order valence-corrected chi connectivity index (χ1v) is 6.30. The predicted molar refractivity (Wildman–Crippen MR) is 69.6 cm³/mol. The molecule has 1 amide bonds. The van der Waals surface area contributed by atoms with Gasteiger partial charge in [-0.05, 0) is 37.1 Å². The van der Waals surface area contributed by atoms with Crippen molar-refractivity contribution < 1.29 is 14.6 Å². The number of amides is 1. The molecule has 1 saturated heterocycles. The van der Waals surface area contributed by atoms with E-state index in [4.69, 9.17) is 15.1 Å². The zero-order chi connectivity index (χ0) is 13.7. The third-order valence-electron chi connectivity index (χ3n) is 3.11. The third kappa shape index (κ3) is 3.11. The Morgan fingerprint density at radius 2 is 2.16 bits per heavy atom. The number of ether oxygens (including phenoxy) is 1. The average Bonchev–Trinajstić information content (AvgIpc) is 2.46. The third-order valence-corrected chi connectivity index (χ3v) is 3.11. The summed E-state index contributed by atoms with van der Waals surface area (Å²) in [5, 5.41) is 17.6. The Labute approximate surface area is 112 Å². The number of morpholine rings is 1. The number of hydrogen-bond donors (Lipinski definition) is 1. The standard InChI is InChI=1S/C14H16N2O3/c15-10-11-3-5-12(6-4-11)16-7-9-19-13(14(16)18)2-1-8-17/h3-6,13,17H,1-2,7-9H2. The van der Waals surface area contributed by atoms with Crippen LogP contribution in [0.25, 0.3) is 0 Å². The first-order chi connectivity index (χ1) is 9.26. The summed E-state index contributed by atoms with van der Waals surface area (Å²) >= 11 is 0. The lowest BCUT2D eigenvalue weighted by Gasteiger charge is -2.32. The van der Waals surface area contributed by atoms with Crippen LogP contribution in [-0.2, 0) is 9.53 Å². The molecule has 0 saturated carbocycles. The summed E-state index contributed by atoms with van der Waals surface area (Å²) in [4.78, 5) is 13.9. The zero-order valence-corrected chi connectivity index (χ0v) is 10.6. The Bertz CT molecular complexity index is 478. The van der Waals surface area contributed by atoms with Crippen LogP contribution in [0.5, 0.6) is 0 Å². The van der Waals surface area contributed by atoms with Gasteiger partial charge in [0.2, 0.25) is 0 Å². The number of benzene rings is 1. The fraction of sp³-hybridized carbons (Fsp3) is 0.429. The van der Waals surface area contributed by atoms with E-state index in [1.54, 1.807) is 29.2 Å². The largest absolute Gasteiger partial charge is 0.396 e. The number of nitrogens with zero attached hydrogens (tertiary/aromatic N) is 2. The number of rotatable bonds is 4. The molecule has 1 atom stereocenters. The van der Waals surface area contributed by atoms with Gasteiger partial charge in [0.25, 0.3) is 5.91 Å². The maximum Gasteiger partial charge on any atom is 0.256 e. The summed E-state index contributed by atoms with van der Waals surface area (Å²) < 4.78 is 5.43. The second-order valence-corrected chi connectivity index (χ2v) is 4.37. The van der Waals surface area contributed by atoms with Crippen LogP contribution in [-0.4, -0.2) is 36.9 Å². The summed E-state index contributed by atoms with van der Waals surface area (Å²) in [6.45, 7) is 1.06. The van der Waals surface area contributed by atoms with E-state index in [9.17, 15) is 4.79 Å². The molecule has 19 heavy (non-hydrogen) atoms. The van der Waals surface area contributed by atoms with Gasteiger partial charge in [-0.3, -0.25) is 4.79 Å². The molecule has 0 spiro atoms. The summed E-state index contributed by atoms with van der Waals surface area (Å²) in [7, 11) is 0. The van der Waals surface area contributed by atoms with Gasteiger partial charge < -0.3 is 14.7 Å². The zero-order valence-electron chi connectivity index (χ0n) is 10.6. The normalized spacial score (nSPS) is 19.3. The minimum absolute atomic E-state index is 0.0595. The first-order valence-electron chi connectivity index (χ1n) is 6.30. The van der Waals surface area contributed by atoms with Crippen molar-refractivity contribution in [3.8, 4) is 6.07 Å². The van der Waals surface area contributed by atoms with Crippen molar-refractivity contribution >= 4 is 11.6 Å². The minimum atomic E-state index is -0.475. The highest BCUT2D eigenvalue weighted by Crippen LogP contribution is 2.21. The number of carbonyl (C=O) groups is 1. The Morgan fingerprint density at radius 1 is 1.42 bits per heavy atom. The highest BCUT2D eigenvalue weighted by molar-refractivity contribution is 5.97. The van der Waals surface area contributed by atoms with Gasteiger partial charge in [-0.15, -0.1) is 0 Å². The van der Waals surface area contributed by atoms with E-state index >= 15 is 0 Å². The van der Waals surface area contributed by atoms with Crippen molar-refractivity contribution in [1.29, 1.82) is 5.26 Å². The molecule has 1 aromatic carbocycles. The maximum absolute atomic E-state index is 12.2. The molecule has 1 aromatic rings. The van der Waals surface area contributed by atoms with Gasteiger partial charge in [0.05, 0.1) is 18.2 Å². The molecular formula is C14H16N2O3. The Hall–Kier alpha value is -1.90. The fourth-order valence-corrected chi connectivity index (χ4v) is 2.10. The molecule has 1 aliphatic heterocycles. The summed E-state index contributed by atoms with van der Waals surface area (Å²) in [6.07, 6.45) is 0.608. The van der Waals surface area contributed by atoms with E-state index in [2.05, 4.69) is 0 Å². The topological polar surface area (TPSA) is 73.6 Å².